The number of ether oxygens (including phenoxy) is 5. The number of anilines is 1. The maximum absolute atomic E-state index is 17.6. The van der Waals surface area contributed by atoms with Gasteiger partial charge in [-0.2, -0.15) is 9.97 Å². The molecule has 0 saturated carbocycles. The molecule has 6 heterocycles. The van der Waals surface area contributed by atoms with Gasteiger partial charge in [0.1, 0.15) is 47.8 Å². The lowest BCUT2D eigenvalue weighted by atomic mass is 9.92. The highest BCUT2D eigenvalue weighted by Crippen LogP contribution is 2.48. The Morgan fingerprint density at radius 1 is 1.05 bits per heavy atom. The van der Waals surface area contributed by atoms with Crippen LogP contribution in [0.1, 0.15) is 65.4 Å². The molecule has 4 saturated heterocycles. The summed E-state index contributed by atoms with van der Waals surface area (Å²) in [6.45, 7) is 9.83. The quantitative estimate of drug-likeness (QED) is 0.169. The number of alkyl halides is 1. The summed E-state index contributed by atoms with van der Waals surface area (Å²) in [5.41, 5.74) is 0.992. The van der Waals surface area contributed by atoms with Crippen LogP contribution in [0.4, 0.5) is 19.4 Å². The van der Waals surface area contributed by atoms with Crippen LogP contribution in [0.5, 0.6) is 17.5 Å². The summed E-state index contributed by atoms with van der Waals surface area (Å²) in [4.78, 5) is 29.7. The van der Waals surface area contributed by atoms with E-state index in [-0.39, 0.29) is 55.8 Å². The van der Waals surface area contributed by atoms with Crippen molar-refractivity contribution in [2.45, 2.75) is 102 Å². The molecule has 0 aliphatic carbocycles. The van der Waals surface area contributed by atoms with E-state index < -0.39 is 23.1 Å². The van der Waals surface area contributed by atoms with Gasteiger partial charge < -0.3 is 28.6 Å². The molecule has 11 nitrogen and oxygen atoms in total. The number of fused-ring (bicyclic) bond motifs is 7. The maximum Gasteiger partial charge on any atom is 0.410 e. The predicted octanol–water partition coefficient (Wildman–Crippen LogP) is 7.44. The van der Waals surface area contributed by atoms with E-state index >= 15 is 4.39 Å². The van der Waals surface area contributed by atoms with Crippen molar-refractivity contribution in [1.82, 2.24) is 19.8 Å². The highest BCUT2D eigenvalue weighted by atomic mass is 19.1. The van der Waals surface area contributed by atoms with E-state index in [1.807, 2.05) is 49.9 Å². The number of hydrogen-bond donors (Lipinski definition) is 0. The van der Waals surface area contributed by atoms with Gasteiger partial charge in [0.05, 0.1) is 29.1 Å². The molecule has 292 valence electrons. The van der Waals surface area contributed by atoms with Crippen molar-refractivity contribution in [2.24, 2.45) is 0 Å². The number of halogens is 2. The SMILES string of the molecule is CCc1cccc2cc(OCOC)cc(-c3cc4c5c(nc(OC[C@@]67CCCN6C[C@H](F)C7)nc5c3F)N3C[C@@H]5CC[C@H]([C@@H]3CO4)N5C(=O)OC(C)(C)C)c12. The van der Waals surface area contributed by atoms with Crippen LogP contribution >= 0.6 is 0 Å². The molecule has 0 spiro atoms. The molecule has 5 aliphatic heterocycles. The Morgan fingerprint density at radius 3 is 2.71 bits per heavy atom. The van der Waals surface area contributed by atoms with E-state index in [4.69, 9.17) is 33.7 Å². The summed E-state index contributed by atoms with van der Waals surface area (Å²) in [6.07, 6.45) is 3.20. The molecule has 0 radical (unpaired) electrons. The predicted molar refractivity (Wildman–Crippen MR) is 204 cm³/mol. The van der Waals surface area contributed by atoms with Gasteiger partial charge in [-0.05, 0) is 99.5 Å². The molecule has 1 aromatic heterocycles. The normalized spacial score (nSPS) is 25.9. The van der Waals surface area contributed by atoms with Crippen LogP contribution in [-0.4, -0.2) is 108 Å². The first kappa shape index (κ1) is 36.2. The smallest absolute Gasteiger partial charge is 0.410 e. The molecule has 4 fully saturated rings. The van der Waals surface area contributed by atoms with E-state index in [0.717, 1.165) is 55.0 Å². The monoisotopic (exact) mass is 757 g/mol. The van der Waals surface area contributed by atoms with Gasteiger partial charge in [-0.25, -0.2) is 13.6 Å². The van der Waals surface area contributed by atoms with Gasteiger partial charge in [-0.1, -0.05) is 25.1 Å². The van der Waals surface area contributed by atoms with E-state index in [2.05, 4.69) is 22.8 Å². The fourth-order valence-electron chi connectivity index (χ4n) is 9.89. The Kier molecular flexibility index (Phi) is 8.95. The number of aryl methyl sites for hydroxylation is 1. The molecule has 1 amide bonds. The first-order valence-electron chi connectivity index (χ1n) is 19.6. The van der Waals surface area contributed by atoms with Crippen LogP contribution in [0, 0.1) is 5.82 Å². The Morgan fingerprint density at radius 2 is 1.91 bits per heavy atom. The zero-order chi connectivity index (χ0) is 38.2. The minimum atomic E-state index is -0.922. The average molecular weight is 758 g/mol. The van der Waals surface area contributed by atoms with Gasteiger partial charge in [0, 0.05) is 32.2 Å². The lowest BCUT2D eigenvalue weighted by Crippen LogP contribution is -2.63. The van der Waals surface area contributed by atoms with Gasteiger partial charge in [0.2, 0.25) is 0 Å². The third-order valence-electron chi connectivity index (χ3n) is 12.2. The fourth-order valence-corrected chi connectivity index (χ4v) is 9.89. The second-order valence-electron chi connectivity index (χ2n) is 16.8. The van der Waals surface area contributed by atoms with E-state index in [1.165, 1.54) is 0 Å². The summed E-state index contributed by atoms with van der Waals surface area (Å²) in [6, 6.07) is 11.0. The van der Waals surface area contributed by atoms with Crippen molar-refractivity contribution in [3.05, 3.63) is 47.8 Å². The molecular formula is C42H49F2N5O6. The van der Waals surface area contributed by atoms with Crippen molar-refractivity contribution in [3.8, 4) is 28.6 Å². The number of rotatable bonds is 8. The third-order valence-corrected chi connectivity index (χ3v) is 12.2. The van der Waals surface area contributed by atoms with Crippen molar-refractivity contribution >= 4 is 33.6 Å². The molecule has 0 unspecified atom stereocenters. The molecule has 55 heavy (non-hydrogen) atoms. The van der Waals surface area contributed by atoms with Gasteiger partial charge in [-0.3, -0.25) is 9.80 Å². The third kappa shape index (κ3) is 6.18. The van der Waals surface area contributed by atoms with Gasteiger partial charge in [0.25, 0.3) is 0 Å². The number of hydrogen-bond acceptors (Lipinski definition) is 10. The van der Waals surface area contributed by atoms with Crippen LogP contribution in [0.15, 0.2) is 36.4 Å². The van der Waals surface area contributed by atoms with Crippen LogP contribution in [0.2, 0.25) is 0 Å². The summed E-state index contributed by atoms with van der Waals surface area (Å²) in [5.74, 6) is 0.959. The number of aromatic nitrogens is 2. The lowest BCUT2D eigenvalue weighted by molar-refractivity contribution is 0.00544. The second-order valence-corrected chi connectivity index (χ2v) is 16.8. The molecule has 5 atom stereocenters. The summed E-state index contributed by atoms with van der Waals surface area (Å²) < 4.78 is 62.6. The highest BCUT2D eigenvalue weighted by molar-refractivity contribution is 6.05. The maximum atomic E-state index is 17.6. The highest BCUT2D eigenvalue weighted by Gasteiger charge is 2.52. The number of amides is 1. The fraction of sp³-hybridized carbons (Fsp3) is 0.548. The van der Waals surface area contributed by atoms with Gasteiger partial charge in [-0.15, -0.1) is 0 Å². The van der Waals surface area contributed by atoms with Crippen molar-refractivity contribution in [1.29, 1.82) is 0 Å². The largest absolute Gasteiger partial charge is 0.490 e. The van der Waals surface area contributed by atoms with E-state index in [1.54, 1.807) is 13.2 Å². The number of benzene rings is 3. The Bertz CT molecular complexity index is 2160. The number of carbonyl (C=O) groups excluding carboxylic acids is 1. The van der Waals surface area contributed by atoms with Crippen molar-refractivity contribution in [3.63, 3.8) is 0 Å². The molecular weight excluding hydrogens is 708 g/mol. The molecule has 4 aromatic rings. The van der Waals surface area contributed by atoms with Crippen molar-refractivity contribution in [2.75, 3.05) is 51.7 Å². The Balaban J connectivity index is 1.20. The Labute approximate surface area is 319 Å². The number of methoxy groups -OCH3 is 1. The number of nitrogens with zero attached hydrogens (tertiary/aromatic N) is 5. The standard InChI is InChI=1S/C42H49F2N5O6/c1-6-24-9-7-10-25-15-28(54-23-51-5)16-29(34(24)25)30-17-33-35-37(36(30)44)45-39(53-22-42-13-8-14-47(42)19-26(43)18-42)46-38(35)48-20-27-11-12-31(32(48)21-52-33)49(27)40(50)55-41(2,3)4/h7,9-10,15-17,26-27,31-32H,6,8,11-14,18-23H2,1-5H3/t26-,27+,31-,32+,42+/m1/s1. The molecule has 2 bridgehead atoms. The molecule has 5 aliphatic rings. The van der Waals surface area contributed by atoms with Gasteiger partial charge in [0.15, 0.2) is 12.6 Å². The molecule has 0 N–H and O–H groups in total. The van der Waals surface area contributed by atoms with Crippen LogP contribution in [0.3, 0.4) is 0 Å². The van der Waals surface area contributed by atoms with Crippen LogP contribution in [0.25, 0.3) is 32.8 Å². The van der Waals surface area contributed by atoms with Crippen molar-refractivity contribution < 1.29 is 37.3 Å². The average Bonchev–Trinajstić information content (AvgIpc) is 3.76. The molecule has 3 aromatic carbocycles. The molecule has 13 heteroatoms. The van der Waals surface area contributed by atoms with E-state index in [0.29, 0.717) is 53.3 Å². The minimum absolute atomic E-state index is 0.0338. The zero-order valence-electron chi connectivity index (χ0n) is 32.2. The second kappa shape index (κ2) is 13.6. The topological polar surface area (TPSA) is 98.7 Å². The summed E-state index contributed by atoms with van der Waals surface area (Å²) in [7, 11) is 1.56. The number of carbonyl (C=O) groups is 1. The minimum Gasteiger partial charge on any atom is -0.490 e. The lowest BCUT2D eigenvalue weighted by Gasteiger charge is -2.46. The van der Waals surface area contributed by atoms with Crippen LogP contribution < -0.4 is 19.1 Å². The first-order chi connectivity index (χ1) is 26.5. The first-order valence-corrected chi connectivity index (χ1v) is 19.6. The van der Waals surface area contributed by atoms with Crippen LogP contribution in [-0.2, 0) is 15.9 Å². The van der Waals surface area contributed by atoms with E-state index in [9.17, 15) is 9.18 Å². The summed E-state index contributed by atoms with van der Waals surface area (Å²) >= 11 is 0. The number of piperazine rings is 1. The van der Waals surface area contributed by atoms with Gasteiger partial charge >= 0.3 is 12.1 Å². The summed E-state index contributed by atoms with van der Waals surface area (Å²) in [5, 5.41) is 2.27. The Hall–Kier alpha value is -4.49. The molecule has 9 rings (SSSR count). The zero-order valence-corrected chi connectivity index (χ0v) is 32.2.